The Morgan fingerprint density at radius 2 is 0.623 bits per heavy atom. The summed E-state index contributed by atoms with van der Waals surface area (Å²) in [6.45, 7) is 13.7. The van der Waals surface area contributed by atoms with Crippen LogP contribution < -0.4 is 10.2 Å². The minimum atomic E-state index is -0.935. The Morgan fingerprint density at radius 3 is 0.811 bits per heavy atom. The maximum absolute atomic E-state index is 10.2. The molecule has 0 heterocycles. The summed E-state index contributed by atoms with van der Waals surface area (Å²) in [5.74, 6) is -3.70. The predicted molar refractivity (Wildman–Crippen MR) is 214 cm³/mol. The number of rotatable bonds is 32. The van der Waals surface area contributed by atoms with Gasteiger partial charge in [0.25, 0.3) is 0 Å². The number of carbonyl (C=O) groups is 4. The van der Waals surface area contributed by atoms with Gasteiger partial charge in [-0.15, -0.1) is 0 Å². The van der Waals surface area contributed by atoms with Crippen molar-refractivity contribution in [1.29, 1.82) is 0 Å². The number of carboxylic acid groups (broad SMARTS) is 4. The molecule has 9 heteroatoms. The van der Waals surface area contributed by atoms with E-state index in [0.717, 1.165) is 38.5 Å². The predicted octanol–water partition coefficient (Wildman–Crippen LogP) is 10.8. The Hall–Kier alpha value is -2.54. The molecule has 0 aromatic carbocycles. The molecule has 0 spiro atoms. The van der Waals surface area contributed by atoms with E-state index < -0.39 is 23.9 Å². The van der Waals surface area contributed by atoms with Crippen LogP contribution in [-0.2, 0) is 38.7 Å². The Labute approximate surface area is 337 Å². The van der Waals surface area contributed by atoms with Crippen molar-refractivity contribution < 1.29 is 59.1 Å². The van der Waals surface area contributed by atoms with E-state index in [4.69, 9.17) is 10.2 Å². The summed E-state index contributed by atoms with van der Waals surface area (Å²) >= 11 is 0. The monoisotopic (exact) mass is 798 g/mol. The van der Waals surface area contributed by atoms with E-state index in [-0.39, 0.29) is 43.5 Å². The van der Waals surface area contributed by atoms with Gasteiger partial charge in [0.05, 0.1) is 0 Å². The Kier molecular flexibility index (Phi) is 58.1. The zero-order valence-electron chi connectivity index (χ0n) is 34.6. The average molecular weight is 800 g/mol. The minimum absolute atomic E-state index is 0. The molecule has 0 unspecified atom stereocenters. The van der Waals surface area contributed by atoms with E-state index in [1.54, 1.807) is 0 Å². The molecule has 0 atom stereocenters. The van der Waals surface area contributed by atoms with E-state index in [1.165, 1.54) is 142 Å². The Balaban J connectivity index is -0.000000218. The van der Waals surface area contributed by atoms with Crippen LogP contribution in [0.4, 0.5) is 0 Å². The van der Waals surface area contributed by atoms with Crippen molar-refractivity contribution in [3.8, 4) is 0 Å². The van der Waals surface area contributed by atoms with Crippen molar-refractivity contribution >= 4 is 23.9 Å². The molecule has 0 saturated heterocycles. The summed E-state index contributed by atoms with van der Waals surface area (Å²) in [6, 6.07) is 0. The fourth-order valence-corrected chi connectivity index (χ4v) is 4.68. The van der Waals surface area contributed by atoms with Gasteiger partial charge in [-0.25, -0.2) is 9.59 Å². The number of carbonyl (C=O) groups excluding carboxylic acids is 2. The molecule has 8 nitrogen and oxygen atoms in total. The smallest absolute Gasteiger partial charge is 0.550 e. The van der Waals surface area contributed by atoms with Gasteiger partial charge in [-0.1, -0.05) is 154 Å². The average Bonchev–Trinajstić information content (AvgIpc) is 3.08. The third-order valence-electron chi connectivity index (χ3n) is 8.02. The molecule has 0 amide bonds. The van der Waals surface area contributed by atoms with Gasteiger partial charge in [0.2, 0.25) is 0 Å². The number of unbranched alkanes of at least 4 members (excludes halogenated alkanes) is 22. The Morgan fingerprint density at radius 1 is 0.434 bits per heavy atom. The van der Waals surface area contributed by atoms with E-state index >= 15 is 0 Å². The van der Waals surface area contributed by atoms with Crippen molar-refractivity contribution in [2.24, 2.45) is 0 Å². The fourth-order valence-electron chi connectivity index (χ4n) is 4.68. The van der Waals surface area contributed by atoms with E-state index in [2.05, 4.69) is 51.3 Å². The van der Waals surface area contributed by atoms with Gasteiger partial charge in [0.15, 0.2) is 0 Å². The molecule has 0 aromatic rings. The second-order valence-corrected chi connectivity index (χ2v) is 13.6. The van der Waals surface area contributed by atoms with Crippen LogP contribution in [0.25, 0.3) is 0 Å². The van der Waals surface area contributed by atoms with Crippen LogP contribution in [0.3, 0.4) is 0 Å². The quantitative estimate of drug-likeness (QED) is 0.0295. The van der Waals surface area contributed by atoms with Crippen molar-refractivity contribution in [2.75, 3.05) is 0 Å². The van der Waals surface area contributed by atoms with Crippen LogP contribution in [0.2, 0.25) is 0 Å². The molecule has 0 fully saturated rings. The molecule has 53 heavy (non-hydrogen) atoms. The summed E-state index contributed by atoms with van der Waals surface area (Å²) in [6.07, 6.45) is 41.8. The largest absolute Gasteiger partial charge is 2.00 e. The minimum Gasteiger partial charge on any atom is -0.550 e. The molecule has 0 radical (unpaired) electrons. The second-order valence-electron chi connectivity index (χ2n) is 13.6. The van der Waals surface area contributed by atoms with Crippen molar-refractivity contribution in [2.45, 2.75) is 207 Å². The van der Waals surface area contributed by atoms with Gasteiger partial charge >= 0.3 is 31.4 Å². The molecular formula is C44H78O8Zn. The number of hydrogen-bond donors (Lipinski definition) is 2. The maximum Gasteiger partial charge on any atom is 2.00 e. The van der Waals surface area contributed by atoms with E-state index in [1.807, 2.05) is 0 Å². The number of hydrogen-bond acceptors (Lipinski definition) is 6. The van der Waals surface area contributed by atoms with Crippen LogP contribution in [0.15, 0.2) is 48.6 Å². The number of allylic oxidation sites excluding steroid dienone is 4. The molecule has 0 aliphatic carbocycles. The van der Waals surface area contributed by atoms with E-state index in [9.17, 15) is 29.4 Å². The molecule has 0 bridgehead atoms. The maximum atomic E-state index is 10.2. The first-order chi connectivity index (χ1) is 24.8. The molecule has 0 aliphatic rings. The summed E-state index contributed by atoms with van der Waals surface area (Å²) in [5, 5.41) is 36.2. The van der Waals surface area contributed by atoms with Gasteiger partial charge < -0.3 is 30.0 Å². The first-order valence-corrected chi connectivity index (χ1v) is 20.3. The standard InChI is InChI=1S/2C18H34O2.2C4H6O2.Zn/c2*1-2-3-4-5-6-7-8-9-10-11-12-13-14-15-16-17-18(19)20;2*1-3(2)4(5)6;/h2*9-10H,2-8,11-17H2,1H3,(H,19,20);2*1H2,2H3,(H,5,6);/q;;;;+2/p-2/b2*10-9+;;;. The molecule has 0 aromatic heterocycles. The van der Waals surface area contributed by atoms with Gasteiger partial charge in [-0.3, -0.25) is 0 Å². The fraction of sp³-hybridized carbons (Fsp3) is 0.727. The molecule has 0 saturated carbocycles. The summed E-state index contributed by atoms with van der Waals surface area (Å²) in [4.78, 5) is 39.6. The Bertz CT molecular complexity index is 828. The molecule has 0 aliphatic heterocycles. The van der Waals surface area contributed by atoms with Crippen molar-refractivity contribution in [3.63, 3.8) is 0 Å². The zero-order valence-corrected chi connectivity index (χ0v) is 37.5. The van der Waals surface area contributed by atoms with Crippen LogP contribution in [0.1, 0.15) is 207 Å². The number of carboxylic acids is 4. The second kappa shape index (κ2) is 51.6. The van der Waals surface area contributed by atoms with E-state index in [0.29, 0.717) is 0 Å². The number of aliphatic carboxylic acids is 4. The normalized spacial score (nSPS) is 10.2. The van der Waals surface area contributed by atoms with Crippen LogP contribution >= 0.6 is 0 Å². The van der Waals surface area contributed by atoms with Gasteiger partial charge in [-0.2, -0.15) is 0 Å². The van der Waals surface area contributed by atoms with Crippen LogP contribution in [0.5, 0.6) is 0 Å². The molecule has 2 N–H and O–H groups in total. The van der Waals surface area contributed by atoms with Crippen LogP contribution in [-0.4, -0.2) is 34.1 Å². The zero-order chi connectivity index (χ0) is 40.1. The third kappa shape index (κ3) is 71.6. The van der Waals surface area contributed by atoms with Crippen molar-refractivity contribution in [1.82, 2.24) is 0 Å². The van der Waals surface area contributed by atoms with Crippen LogP contribution in [0, 0.1) is 0 Å². The molecule has 0 rings (SSSR count). The van der Waals surface area contributed by atoms with Gasteiger partial charge in [0.1, 0.15) is 0 Å². The SMILES string of the molecule is C=C(C)C(=O)O.C=C(C)C(=O)O.CCCCCCCC/C=C/CCCCCCCC(=O)[O-].CCCCCCCC/C=C/CCCCCCCC(=O)[O-].[Zn+2]. The molecule has 304 valence electrons. The summed E-state index contributed by atoms with van der Waals surface area (Å²) < 4.78 is 0. The topological polar surface area (TPSA) is 155 Å². The molecular weight excluding hydrogens is 722 g/mol. The first-order valence-electron chi connectivity index (χ1n) is 20.3. The third-order valence-corrected chi connectivity index (χ3v) is 8.02. The summed E-state index contributed by atoms with van der Waals surface area (Å²) in [7, 11) is 0. The summed E-state index contributed by atoms with van der Waals surface area (Å²) in [5.41, 5.74) is 0.352. The van der Waals surface area contributed by atoms with Gasteiger partial charge in [0, 0.05) is 23.1 Å². The first kappa shape index (κ1) is 59.7. The van der Waals surface area contributed by atoms with Crippen molar-refractivity contribution in [3.05, 3.63) is 48.6 Å². The van der Waals surface area contributed by atoms with Gasteiger partial charge in [-0.05, 0) is 90.9 Å².